The van der Waals surface area contributed by atoms with Gasteiger partial charge in [-0.15, -0.1) is 0 Å². The molecular weight excluding hydrogens is 424 g/mol. The first kappa shape index (κ1) is 23.8. The van der Waals surface area contributed by atoms with Crippen LogP contribution in [0.2, 0.25) is 0 Å². The molecule has 2 heterocycles. The average molecular weight is 459 g/mol. The lowest BCUT2D eigenvalue weighted by atomic mass is 10.0. The van der Waals surface area contributed by atoms with Gasteiger partial charge in [-0.25, -0.2) is 4.98 Å². The monoisotopic (exact) mass is 458 g/mol. The molecule has 6 heteroatoms. The standard InChI is InChI=1S/C28H34N4O2/c1-5-21(4)30-28(33)26-18-34-27(31-26)17-32(16-23-14-19(2)10-11-20(23)3)13-12-22-15-29-25-9-7-6-8-24(22)25/h6-11,14-15,18,21,29H,5,12-13,16-17H2,1-4H3,(H,30,33)/t21-/m1/s1. The number of benzene rings is 2. The van der Waals surface area contributed by atoms with E-state index >= 15 is 0 Å². The molecule has 0 saturated heterocycles. The highest BCUT2D eigenvalue weighted by atomic mass is 16.3. The molecule has 2 N–H and O–H groups in total. The Morgan fingerprint density at radius 3 is 2.79 bits per heavy atom. The number of para-hydroxylation sites is 1. The lowest BCUT2D eigenvalue weighted by molar-refractivity contribution is 0.0934. The molecule has 0 fully saturated rings. The predicted octanol–water partition coefficient (Wildman–Crippen LogP) is 5.55. The Labute approximate surface area is 201 Å². The Morgan fingerprint density at radius 1 is 1.15 bits per heavy atom. The van der Waals surface area contributed by atoms with Crippen molar-refractivity contribution >= 4 is 16.8 Å². The quantitative estimate of drug-likeness (QED) is 0.327. The molecule has 0 saturated carbocycles. The van der Waals surface area contributed by atoms with E-state index in [1.165, 1.54) is 33.9 Å². The van der Waals surface area contributed by atoms with E-state index in [0.29, 0.717) is 18.1 Å². The van der Waals surface area contributed by atoms with Gasteiger partial charge in [-0.3, -0.25) is 9.69 Å². The number of fused-ring (bicyclic) bond motifs is 1. The van der Waals surface area contributed by atoms with Gasteiger partial charge < -0.3 is 14.7 Å². The number of aryl methyl sites for hydroxylation is 2. The summed E-state index contributed by atoms with van der Waals surface area (Å²) in [5.41, 5.74) is 6.59. The Kier molecular flexibility index (Phi) is 7.48. The maximum Gasteiger partial charge on any atom is 0.273 e. The zero-order valence-corrected chi connectivity index (χ0v) is 20.5. The summed E-state index contributed by atoms with van der Waals surface area (Å²) in [5.74, 6) is 0.364. The number of hydrogen-bond donors (Lipinski definition) is 2. The Hall–Kier alpha value is -3.38. The minimum Gasteiger partial charge on any atom is -0.447 e. The number of aromatic nitrogens is 2. The molecule has 178 valence electrons. The van der Waals surface area contributed by atoms with E-state index in [1.54, 1.807) is 0 Å². The van der Waals surface area contributed by atoms with Crippen LogP contribution in [0, 0.1) is 13.8 Å². The summed E-state index contributed by atoms with van der Waals surface area (Å²) in [7, 11) is 0. The first-order valence-electron chi connectivity index (χ1n) is 12.0. The highest BCUT2D eigenvalue weighted by Crippen LogP contribution is 2.20. The van der Waals surface area contributed by atoms with Gasteiger partial charge in [0.15, 0.2) is 5.69 Å². The van der Waals surface area contributed by atoms with E-state index in [9.17, 15) is 4.79 Å². The minimum absolute atomic E-state index is 0.101. The molecule has 0 aliphatic heterocycles. The number of hydrogen-bond acceptors (Lipinski definition) is 4. The summed E-state index contributed by atoms with van der Waals surface area (Å²) in [6.07, 6.45) is 5.33. The van der Waals surface area contributed by atoms with E-state index in [2.05, 4.69) is 76.6 Å². The Morgan fingerprint density at radius 2 is 1.97 bits per heavy atom. The SMILES string of the molecule is CC[C@@H](C)NC(=O)c1coc(CN(CCc2c[nH]c3ccccc23)Cc2cc(C)ccc2C)n1. The fourth-order valence-corrected chi connectivity index (χ4v) is 4.12. The van der Waals surface area contributed by atoms with Gasteiger partial charge in [-0.1, -0.05) is 48.9 Å². The molecule has 4 aromatic rings. The van der Waals surface area contributed by atoms with Crippen LogP contribution in [-0.2, 0) is 19.5 Å². The summed E-state index contributed by atoms with van der Waals surface area (Å²) < 4.78 is 5.71. The molecule has 0 unspecified atom stereocenters. The van der Waals surface area contributed by atoms with Crippen LogP contribution >= 0.6 is 0 Å². The summed E-state index contributed by atoms with van der Waals surface area (Å²) >= 11 is 0. The predicted molar refractivity (Wildman–Crippen MR) is 136 cm³/mol. The summed E-state index contributed by atoms with van der Waals surface area (Å²) in [4.78, 5) is 22.6. The molecule has 0 aliphatic rings. The molecule has 1 amide bonds. The van der Waals surface area contributed by atoms with Crippen LogP contribution in [0.5, 0.6) is 0 Å². The van der Waals surface area contributed by atoms with Gasteiger partial charge in [0.05, 0.1) is 6.54 Å². The van der Waals surface area contributed by atoms with E-state index in [-0.39, 0.29) is 11.9 Å². The second kappa shape index (κ2) is 10.7. The maximum absolute atomic E-state index is 12.4. The summed E-state index contributed by atoms with van der Waals surface area (Å²) in [6.45, 7) is 10.4. The first-order chi connectivity index (χ1) is 16.4. The fourth-order valence-electron chi connectivity index (χ4n) is 4.12. The van der Waals surface area contributed by atoms with Crippen molar-refractivity contribution in [3.05, 3.63) is 88.8 Å². The number of carbonyl (C=O) groups is 1. The van der Waals surface area contributed by atoms with Gasteiger partial charge in [0, 0.05) is 36.2 Å². The maximum atomic E-state index is 12.4. The van der Waals surface area contributed by atoms with Gasteiger partial charge in [-0.05, 0) is 56.4 Å². The molecule has 34 heavy (non-hydrogen) atoms. The molecule has 2 aromatic carbocycles. The van der Waals surface area contributed by atoms with Crippen molar-refractivity contribution in [2.75, 3.05) is 6.54 Å². The van der Waals surface area contributed by atoms with Crippen LogP contribution in [-0.4, -0.2) is 33.4 Å². The van der Waals surface area contributed by atoms with E-state index in [4.69, 9.17) is 4.42 Å². The Balaban J connectivity index is 1.51. The van der Waals surface area contributed by atoms with Gasteiger partial charge in [0.25, 0.3) is 5.91 Å². The van der Waals surface area contributed by atoms with Gasteiger partial charge in [0.2, 0.25) is 5.89 Å². The molecular formula is C28H34N4O2. The molecule has 0 aliphatic carbocycles. The van der Waals surface area contributed by atoms with Crippen LogP contribution in [0.15, 0.2) is 59.3 Å². The van der Waals surface area contributed by atoms with Crippen LogP contribution in [0.25, 0.3) is 10.9 Å². The van der Waals surface area contributed by atoms with Crippen LogP contribution in [0.4, 0.5) is 0 Å². The van der Waals surface area contributed by atoms with Gasteiger partial charge in [-0.2, -0.15) is 0 Å². The van der Waals surface area contributed by atoms with Gasteiger partial charge in [0.1, 0.15) is 6.26 Å². The molecule has 0 spiro atoms. The third-order valence-electron chi connectivity index (χ3n) is 6.40. The van der Waals surface area contributed by atoms with Crippen molar-refractivity contribution in [3.8, 4) is 0 Å². The third kappa shape index (κ3) is 5.75. The normalized spacial score (nSPS) is 12.4. The number of nitrogens with zero attached hydrogens (tertiary/aromatic N) is 2. The molecule has 2 aromatic heterocycles. The molecule has 0 radical (unpaired) electrons. The van der Waals surface area contributed by atoms with E-state index in [0.717, 1.165) is 31.4 Å². The number of oxazole rings is 1. The molecule has 1 atom stereocenters. The van der Waals surface area contributed by atoms with E-state index in [1.807, 2.05) is 19.9 Å². The first-order valence-corrected chi connectivity index (χ1v) is 12.0. The Bertz CT molecular complexity index is 1260. The zero-order valence-electron chi connectivity index (χ0n) is 20.5. The van der Waals surface area contributed by atoms with Gasteiger partial charge >= 0.3 is 0 Å². The number of rotatable bonds is 10. The highest BCUT2D eigenvalue weighted by Gasteiger charge is 2.17. The van der Waals surface area contributed by atoms with Crippen LogP contribution in [0.1, 0.15) is 58.9 Å². The van der Waals surface area contributed by atoms with Crippen molar-refractivity contribution in [3.63, 3.8) is 0 Å². The van der Waals surface area contributed by atoms with Crippen molar-refractivity contribution in [1.82, 2.24) is 20.2 Å². The molecule has 6 nitrogen and oxygen atoms in total. The lowest BCUT2D eigenvalue weighted by Crippen LogP contribution is -2.32. The number of aromatic amines is 1. The molecule has 0 bridgehead atoms. The van der Waals surface area contributed by atoms with Crippen molar-refractivity contribution < 1.29 is 9.21 Å². The third-order valence-corrected chi connectivity index (χ3v) is 6.40. The van der Waals surface area contributed by atoms with Crippen molar-refractivity contribution in [2.24, 2.45) is 0 Å². The second-order valence-electron chi connectivity index (χ2n) is 9.16. The largest absolute Gasteiger partial charge is 0.447 e. The number of nitrogens with one attached hydrogen (secondary N) is 2. The van der Waals surface area contributed by atoms with Crippen molar-refractivity contribution in [2.45, 2.75) is 59.7 Å². The van der Waals surface area contributed by atoms with Crippen LogP contribution < -0.4 is 5.32 Å². The number of carbonyl (C=O) groups excluding carboxylic acids is 1. The fraction of sp³-hybridized carbons (Fsp3) is 0.357. The summed E-state index contributed by atoms with van der Waals surface area (Å²) in [5, 5.41) is 4.21. The average Bonchev–Trinajstić information content (AvgIpc) is 3.47. The minimum atomic E-state index is -0.191. The molecule has 4 rings (SSSR count). The number of amides is 1. The lowest BCUT2D eigenvalue weighted by Gasteiger charge is -2.22. The van der Waals surface area contributed by atoms with E-state index < -0.39 is 0 Å². The highest BCUT2D eigenvalue weighted by molar-refractivity contribution is 5.92. The topological polar surface area (TPSA) is 74.2 Å². The van der Waals surface area contributed by atoms with Crippen LogP contribution in [0.3, 0.4) is 0 Å². The second-order valence-corrected chi connectivity index (χ2v) is 9.16. The van der Waals surface area contributed by atoms with Crippen molar-refractivity contribution in [1.29, 1.82) is 0 Å². The summed E-state index contributed by atoms with van der Waals surface area (Å²) in [6, 6.07) is 15.0. The zero-order chi connectivity index (χ0) is 24.1. The number of H-pyrrole nitrogens is 1. The smallest absolute Gasteiger partial charge is 0.273 e.